The van der Waals surface area contributed by atoms with Crippen molar-refractivity contribution in [3.8, 4) is 0 Å². The Hall–Kier alpha value is -1.62. The number of nitrogens with zero attached hydrogens (tertiary/aromatic N) is 4. The number of aromatic nitrogens is 4. The Kier molecular flexibility index (Phi) is 3.87. The van der Waals surface area contributed by atoms with Gasteiger partial charge in [-0.1, -0.05) is 13.8 Å². The topological polar surface area (TPSA) is 47.7 Å². The largest absolute Gasteiger partial charge is 0.337 e. The van der Waals surface area contributed by atoms with Crippen molar-refractivity contribution in [1.82, 2.24) is 24.4 Å². The molecule has 3 heterocycles. The maximum absolute atomic E-state index is 4.85. The third-order valence-electron chi connectivity index (χ3n) is 3.89. The summed E-state index contributed by atoms with van der Waals surface area (Å²) in [5.74, 6) is 1.72. The Labute approximate surface area is 120 Å². The molecule has 1 N–H and O–H groups in total. The Morgan fingerprint density at radius 2 is 2.25 bits per heavy atom. The second-order valence-corrected chi connectivity index (χ2v) is 5.75. The zero-order valence-corrected chi connectivity index (χ0v) is 12.3. The van der Waals surface area contributed by atoms with E-state index < -0.39 is 0 Å². The molecule has 5 heteroatoms. The summed E-state index contributed by atoms with van der Waals surface area (Å²) in [5, 5.41) is 3.41. The molecule has 0 saturated carbocycles. The Balaban J connectivity index is 1.75. The number of imidazole rings is 2. The van der Waals surface area contributed by atoms with Crippen molar-refractivity contribution in [2.45, 2.75) is 52.2 Å². The lowest BCUT2D eigenvalue weighted by Crippen LogP contribution is -2.25. The van der Waals surface area contributed by atoms with Crippen LogP contribution in [-0.4, -0.2) is 25.6 Å². The van der Waals surface area contributed by atoms with Gasteiger partial charge in [0.25, 0.3) is 0 Å². The van der Waals surface area contributed by atoms with Crippen LogP contribution in [-0.2, 0) is 26.1 Å². The van der Waals surface area contributed by atoms with Gasteiger partial charge in [-0.15, -0.1) is 0 Å². The maximum atomic E-state index is 4.85. The van der Waals surface area contributed by atoms with Gasteiger partial charge in [0.2, 0.25) is 0 Å². The first-order valence-corrected chi connectivity index (χ1v) is 7.50. The molecule has 0 aliphatic carbocycles. The van der Waals surface area contributed by atoms with Crippen LogP contribution in [0.4, 0.5) is 0 Å². The maximum Gasteiger partial charge on any atom is 0.111 e. The normalized spacial score (nSPS) is 14.8. The predicted molar refractivity (Wildman–Crippen MR) is 78.6 cm³/mol. The number of nitrogens with one attached hydrogen (secondary N) is 1. The highest BCUT2D eigenvalue weighted by molar-refractivity contribution is 5.21. The summed E-state index contributed by atoms with van der Waals surface area (Å²) in [4.78, 5) is 8.94. The van der Waals surface area contributed by atoms with Crippen LogP contribution in [0.25, 0.3) is 0 Å². The van der Waals surface area contributed by atoms with Gasteiger partial charge >= 0.3 is 0 Å². The highest BCUT2D eigenvalue weighted by Crippen LogP contribution is 2.22. The van der Waals surface area contributed by atoms with Gasteiger partial charge in [0.15, 0.2) is 0 Å². The molecule has 108 valence electrons. The van der Waals surface area contributed by atoms with E-state index in [-0.39, 0.29) is 0 Å². The summed E-state index contributed by atoms with van der Waals surface area (Å²) in [6.45, 7) is 8.51. The minimum absolute atomic E-state index is 0.480. The van der Waals surface area contributed by atoms with Crippen LogP contribution in [0.1, 0.15) is 43.4 Å². The van der Waals surface area contributed by atoms with Gasteiger partial charge in [0.1, 0.15) is 5.82 Å². The fraction of sp³-hybridized carbons (Fsp3) is 0.600. The fourth-order valence-corrected chi connectivity index (χ4v) is 2.91. The summed E-state index contributed by atoms with van der Waals surface area (Å²) in [6, 6.07) is 0. The minimum atomic E-state index is 0.480. The highest BCUT2D eigenvalue weighted by atomic mass is 15.1. The highest BCUT2D eigenvalue weighted by Gasteiger charge is 2.20. The van der Waals surface area contributed by atoms with E-state index >= 15 is 0 Å². The molecule has 1 aliphatic rings. The molecule has 2 aromatic heterocycles. The monoisotopic (exact) mass is 273 g/mol. The van der Waals surface area contributed by atoms with Crippen LogP contribution in [0, 0.1) is 0 Å². The molecule has 5 nitrogen and oxygen atoms in total. The third kappa shape index (κ3) is 2.63. The quantitative estimate of drug-likeness (QED) is 0.905. The van der Waals surface area contributed by atoms with E-state index in [0.717, 1.165) is 39.0 Å². The van der Waals surface area contributed by atoms with Crippen molar-refractivity contribution in [3.05, 3.63) is 35.9 Å². The van der Waals surface area contributed by atoms with E-state index in [1.165, 1.54) is 17.2 Å². The van der Waals surface area contributed by atoms with Crippen molar-refractivity contribution in [2.75, 3.05) is 6.54 Å². The van der Waals surface area contributed by atoms with Crippen LogP contribution in [0.2, 0.25) is 0 Å². The van der Waals surface area contributed by atoms with Crippen molar-refractivity contribution >= 4 is 0 Å². The molecule has 0 fully saturated rings. The number of rotatable bonds is 5. The average Bonchev–Trinajstić information content (AvgIpc) is 3.07. The summed E-state index contributed by atoms with van der Waals surface area (Å²) < 4.78 is 4.59. The SMILES string of the molecule is CC(C)c1nc2c(n1CCCn1ccnc1)CCNC2. The van der Waals surface area contributed by atoms with Crippen LogP contribution in [0.5, 0.6) is 0 Å². The molecule has 0 bridgehead atoms. The second-order valence-electron chi connectivity index (χ2n) is 5.75. The van der Waals surface area contributed by atoms with Gasteiger partial charge in [-0.2, -0.15) is 0 Å². The van der Waals surface area contributed by atoms with Crippen molar-refractivity contribution < 1.29 is 0 Å². The second kappa shape index (κ2) is 5.79. The van der Waals surface area contributed by atoms with Crippen LogP contribution in [0.15, 0.2) is 18.7 Å². The fourth-order valence-electron chi connectivity index (χ4n) is 2.91. The molecule has 0 spiro atoms. The molecule has 0 amide bonds. The van der Waals surface area contributed by atoms with Crippen molar-refractivity contribution in [3.63, 3.8) is 0 Å². The van der Waals surface area contributed by atoms with Crippen LogP contribution < -0.4 is 5.32 Å². The summed E-state index contributed by atoms with van der Waals surface area (Å²) in [5.41, 5.74) is 2.70. The van der Waals surface area contributed by atoms with Crippen molar-refractivity contribution in [1.29, 1.82) is 0 Å². The first-order valence-electron chi connectivity index (χ1n) is 7.50. The molecule has 0 unspecified atom stereocenters. The van der Waals surface area contributed by atoms with Gasteiger partial charge in [-0.3, -0.25) is 0 Å². The number of fused-ring (bicyclic) bond motifs is 1. The van der Waals surface area contributed by atoms with Crippen molar-refractivity contribution in [2.24, 2.45) is 0 Å². The van der Waals surface area contributed by atoms with Gasteiger partial charge in [-0.05, 0) is 6.42 Å². The Morgan fingerprint density at radius 1 is 1.35 bits per heavy atom. The molecular weight excluding hydrogens is 250 g/mol. The Morgan fingerprint density at radius 3 is 3.00 bits per heavy atom. The minimum Gasteiger partial charge on any atom is -0.337 e. The van der Waals surface area contributed by atoms with E-state index in [4.69, 9.17) is 4.98 Å². The molecule has 1 aliphatic heterocycles. The smallest absolute Gasteiger partial charge is 0.111 e. The number of aryl methyl sites for hydroxylation is 1. The zero-order chi connectivity index (χ0) is 13.9. The molecular formula is C15H23N5. The standard InChI is InChI=1S/C15H23N5/c1-12(2)15-18-13-10-16-5-4-14(13)20(15)8-3-7-19-9-6-17-11-19/h6,9,11-12,16H,3-5,7-8,10H2,1-2H3. The molecule has 0 saturated heterocycles. The first kappa shape index (κ1) is 13.4. The summed E-state index contributed by atoms with van der Waals surface area (Å²) in [6.07, 6.45) is 7.96. The first-order chi connectivity index (χ1) is 9.75. The van der Waals surface area contributed by atoms with E-state index in [1.807, 2.05) is 18.7 Å². The summed E-state index contributed by atoms with van der Waals surface area (Å²) in [7, 11) is 0. The molecule has 0 aromatic carbocycles. The average molecular weight is 273 g/mol. The lowest BCUT2D eigenvalue weighted by Gasteiger charge is -2.17. The van der Waals surface area contributed by atoms with E-state index in [9.17, 15) is 0 Å². The van der Waals surface area contributed by atoms with E-state index in [1.54, 1.807) is 0 Å². The third-order valence-corrected chi connectivity index (χ3v) is 3.89. The number of hydrogen-bond donors (Lipinski definition) is 1. The van der Waals surface area contributed by atoms with Gasteiger partial charge < -0.3 is 14.5 Å². The van der Waals surface area contributed by atoms with Gasteiger partial charge in [-0.25, -0.2) is 9.97 Å². The van der Waals surface area contributed by atoms with E-state index in [2.05, 4.69) is 33.3 Å². The molecule has 2 aromatic rings. The molecule has 0 atom stereocenters. The van der Waals surface area contributed by atoms with Crippen LogP contribution >= 0.6 is 0 Å². The molecule has 20 heavy (non-hydrogen) atoms. The summed E-state index contributed by atoms with van der Waals surface area (Å²) >= 11 is 0. The van der Waals surface area contributed by atoms with Gasteiger partial charge in [0, 0.05) is 56.6 Å². The molecule has 3 rings (SSSR count). The van der Waals surface area contributed by atoms with Crippen LogP contribution in [0.3, 0.4) is 0 Å². The molecule has 0 radical (unpaired) electrons. The number of hydrogen-bond acceptors (Lipinski definition) is 3. The predicted octanol–water partition coefficient (Wildman–Crippen LogP) is 1.94. The lowest BCUT2D eigenvalue weighted by atomic mass is 10.1. The van der Waals surface area contributed by atoms with Gasteiger partial charge in [0.05, 0.1) is 12.0 Å². The zero-order valence-electron chi connectivity index (χ0n) is 12.3. The van der Waals surface area contributed by atoms with E-state index in [0.29, 0.717) is 5.92 Å². The lowest BCUT2D eigenvalue weighted by molar-refractivity contribution is 0.515. The Bertz CT molecular complexity index is 553.